The Morgan fingerprint density at radius 2 is 2.12 bits per heavy atom. The van der Waals surface area contributed by atoms with Crippen LogP contribution in [0.2, 0.25) is 0 Å². The highest BCUT2D eigenvalue weighted by Crippen LogP contribution is 2.49. The molecular formula is C12H13N3O2. The van der Waals surface area contributed by atoms with Gasteiger partial charge in [-0.15, -0.1) is 0 Å². The first-order valence-corrected chi connectivity index (χ1v) is 5.38. The summed E-state index contributed by atoms with van der Waals surface area (Å²) in [5, 5.41) is 20.1. The molecule has 0 aromatic heterocycles. The number of hydrogen-bond acceptors (Lipinski definition) is 4. The molecule has 0 saturated heterocycles. The molecule has 0 bridgehead atoms. The van der Waals surface area contributed by atoms with E-state index >= 15 is 0 Å². The van der Waals surface area contributed by atoms with Crippen molar-refractivity contribution >= 4 is 11.4 Å². The molecule has 0 spiro atoms. The summed E-state index contributed by atoms with van der Waals surface area (Å²) < 4.78 is 0. The second-order valence-electron chi connectivity index (χ2n) is 4.55. The van der Waals surface area contributed by atoms with Gasteiger partial charge in [-0.25, -0.2) is 0 Å². The second-order valence-corrected chi connectivity index (χ2v) is 4.55. The number of rotatable bonds is 3. The van der Waals surface area contributed by atoms with Gasteiger partial charge in [0.25, 0.3) is 5.69 Å². The lowest BCUT2D eigenvalue weighted by molar-refractivity contribution is -0.384. The summed E-state index contributed by atoms with van der Waals surface area (Å²) in [4.78, 5) is 12.3. The Morgan fingerprint density at radius 1 is 1.47 bits per heavy atom. The summed E-state index contributed by atoms with van der Waals surface area (Å²) in [6.07, 6.45) is 1.59. The van der Waals surface area contributed by atoms with Gasteiger partial charge in [0.1, 0.15) is 5.69 Å². The topological polar surface area (TPSA) is 70.2 Å². The number of nitriles is 1. The number of anilines is 1. The number of nitrogens with zero attached hydrogens (tertiary/aromatic N) is 3. The second kappa shape index (κ2) is 3.74. The molecule has 1 aromatic rings. The Labute approximate surface area is 99.4 Å². The first kappa shape index (κ1) is 11.4. The summed E-state index contributed by atoms with van der Waals surface area (Å²) in [5.41, 5.74) is 0.911. The third-order valence-corrected chi connectivity index (χ3v) is 3.17. The van der Waals surface area contributed by atoms with Crippen molar-refractivity contribution in [3.8, 4) is 6.07 Å². The van der Waals surface area contributed by atoms with Crippen molar-refractivity contribution in [3.63, 3.8) is 0 Å². The van der Waals surface area contributed by atoms with Crippen LogP contribution in [0.15, 0.2) is 18.2 Å². The van der Waals surface area contributed by atoms with Crippen LogP contribution < -0.4 is 4.90 Å². The van der Waals surface area contributed by atoms with Gasteiger partial charge >= 0.3 is 0 Å². The summed E-state index contributed by atoms with van der Waals surface area (Å²) >= 11 is 0. The first-order valence-electron chi connectivity index (χ1n) is 5.38. The lowest BCUT2D eigenvalue weighted by Crippen LogP contribution is -2.12. The summed E-state index contributed by atoms with van der Waals surface area (Å²) in [6, 6.07) is 7.31. The van der Waals surface area contributed by atoms with E-state index in [4.69, 9.17) is 5.26 Å². The van der Waals surface area contributed by atoms with Gasteiger partial charge < -0.3 is 4.90 Å². The van der Waals surface area contributed by atoms with E-state index in [0.29, 0.717) is 5.69 Å². The van der Waals surface area contributed by atoms with Gasteiger partial charge in [-0.2, -0.15) is 5.26 Å². The number of nitro groups is 1. The monoisotopic (exact) mass is 231 g/mol. The maximum Gasteiger partial charge on any atom is 0.292 e. The third kappa shape index (κ3) is 1.82. The van der Waals surface area contributed by atoms with Crippen LogP contribution in [0.3, 0.4) is 0 Å². The van der Waals surface area contributed by atoms with Crippen molar-refractivity contribution in [2.24, 2.45) is 0 Å². The van der Waals surface area contributed by atoms with Crippen LogP contribution in [0.4, 0.5) is 11.4 Å². The zero-order valence-corrected chi connectivity index (χ0v) is 9.80. The predicted octanol–water partition coefficient (Wildman–Crippen LogP) is 2.22. The Morgan fingerprint density at radius 3 is 2.53 bits per heavy atom. The minimum absolute atomic E-state index is 0.0639. The molecule has 0 amide bonds. The normalized spacial score (nSPS) is 16.1. The molecule has 1 fully saturated rings. The Balaban J connectivity index is 2.51. The Bertz CT molecular complexity index is 513. The van der Waals surface area contributed by atoms with Crippen LogP contribution in [0, 0.1) is 21.4 Å². The molecule has 1 aromatic carbocycles. The quantitative estimate of drug-likeness (QED) is 0.590. The highest BCUT2D eigenvalue weighted by atomic mass is 16.6. The third-order valence-electron chi connectivity index (χ3n) is 3.17. The van der Waals surface area contributed by atoms with E-state index in [9.17, 15) is 10.1 Å². The largest absolute Gasteiger partial charge is 0.372 e. The van der Waals surface area contributed by atoms with E-state index < -0.39 is 10.3 Å². The molecule has 0 unspecified atom stereocenters. The molecule has 17 heavy (non-hydrogen) atoms. The van der Waals surface area contributed by atoms with Crippen LogP contribution in [0.1, 0.15) is 18.4 Å². The molecule has 0 atom stereocenters. The van der Waals surface area contributed by atoms with Crippen LogP contribution in [0.25, 0.3) is 0 Å². The molecule has 0 radical (unpaired) electrons. The molecule has 1 saturated carbocycles. The van der Waals surface area contributed by atoms with E-state index in [1.54, 1.807) is 25.1 Å². The van der Waals surface area contributed by atoms with E-state index in [-0.39, 0.29) is 5.69 Å². The zero-order valence-electron chi connectivity index (χ0n) is 9.80. The molecule has 5 heteroatoms. The van der Waals surface area contributed by atoms with Crippen molar-refractivity contribution in [1.29, 1.82) is 5.26 Å². The van der Waals surface area contributed by atoms with Crippen LogP contribution in [0.5, 0.6) is 0 Å². The molecule has 0 aliphatic heterocycles. The SMILES string of the molecule is CN(C)c1ccc(C2(C#N)CC2)cc1[N+](=O)[O-]. The van der Waals surface area contributed by atoms with E-state index in [2.05, 4.69) is 6.07 Å². The Hall–Kier alpha value is -2.09. The van der Waals surface area contributed by atoms with Gasteiger partial charge in [-0.1, -0.05) is 6.07 Å². The molecule has 1 aliphatic rings. The van der Waals surface area contributed by atoms with Gasteiger partial charge in [-0.05, 0) is 24.5 Å². The lowest BCUT2D eigenvalue weighted by Gasteiger charge is -2.14. The van der Waals surface area contributed by atoms with Crippen molar-refractivity contribution in [2.75, 3.05) is 19.0 Å². The number of nitro benzene ring substituents is 1. The fourth-order valence-corrected chi connectivity index (χ4v) is 1.94. The predicted molar refractivity (Wildman–Crippen MR) is 63.9 cm³/mol. The van der Waals surface area contributed by atoms with Crippen molar-refractivity contribution < 1.29 is 4.92 Å². The minimum atomic E-state index is -0.477. The Kier molecular flexibility index (Phi) is 2.50. The van der Waals surface area contributed by atoms with Gasteiger partial charge in [-0.3, -0.25) is 10.1 Å². The van der Waals surface area contributed by atoms with Gasteiger partial charge in [0.2, 0.25) is 0 Å². The standard InChI is InChI=1S/C12H13N3O2/c1-14(2)10-4-3-9(7-11(10)15(16)17)12(8-13)5-6-12/h3-4,7H,5-6H2,1-2H3. The maximum absolute atomic E-state index is 11.0. The van der Waals surface area contributed by atoms with E-state index in [1.807, 2.05) is 6.07 Å². The van der Waals surface area contributed by atoms with Gasteiger partial charge in [0.15, 0.2) is 0 Å². The molecular weight excluding hydrogens is 218 g/mol. The molecule has 0 N–H and O–H groups in total. The van der Waals surface area contributed by atoms with Crippen LogP contribution >= 0.6 is 0 Å². The van der Waals surface area contributed by atoms with Crippen molar-refractivity contribution in [3.05, 3.63) is 33.9 Å². The fraction of sp³-hybridized carbons (Fsp3) is 0.417. The van der Waals surface area contributed by atoms with Crippen LogP contribution in [-0.2, 0) is 5.41 Å². The molecule has 5 nitrogen and oxygen atoms in total. The van der Waals surface area contributed by atoms with E-state index in [0.717, 1.165) is 18.4 Å². The molecule has 2 rings (SSSR count). The fourth-order valence-electron chi connectivity index (χ4n) is 1.94. The summed E-state index contributed by atoms with van der Waals surface area (Å²) in [5.74, 6) is 0. The van der Waals surface area contributed by atoms with Gasteiger partial charge in [0, 0.05) is 20.2 Å². The number of hydrogen-bond donors (Lipinski definition) is 0. The highest BCUT2D eigenvalue weighted by Gasteiger charge is 2.45. The van der Waals surface area contributed by atoms with Crippen molar-refractivity contribution in [2.45, 2.75) is 18.3 Å². The maximum atomic E-state index is 11.0. The van der Waals surface area contributed by atoms with Crippen LogP contribution in [-0.4, -0.2) is 19.0 Å². The first-order chi connectivity index (χ1) is 8.00. The van der Waals surface area contributed by atoms with Gasteiger partial charge in [0.05, 0.1) is 16.4 Å². The zero-order chi connectivity index (χ0) is 12.6. The van der Waals surface area contributed by atoms with E-state index in [1.165, 1.54) is 6.07 Å². The minimum Gasteiger partial charge on any atom is -0.372 e. The van der Waals surface area contributed by atoms with Crippen molar-refractivity contribution in [1.82, 2.24) is 0 Å². The number of benzene rings is 1. The average molecular weight is 231 g/mol. The molecule has 1 aliphatic carbocycles. The molecule has 88 valence electrons. The summed E-state index contributed by atoms with van der Waals surface area (Å²) in [6.45, 7) is 0. The molecule has 0 heterocycles. The average Bonchev–Trinajstić information content (AvgIpc) is 3.09. The summed E-state index contributed by atoms with van der Waals surface area (Å²) in [7, 11) is 3.53. The highest BCUT2D eigenvalue weighted by molar-refractivity contribution is 5.65. The lowest BCUT2D eigenvalue weighted by atomic mass is 9.96. The smallest absolute Gasteiger partial charge is 0.292 e.